The first-order valence-corrected chi connectivity index (χ1v) is 13.0. The van der Waals surface area contributed by atoms with E-state index in [1.165, 1.54) is 0 Å². The van der Waals surface area contributed by atoms with Crippen molar-refractivity contribution in [1.82, 2.24) is 9.71 Å². The van der Waals surface area contributed by atoms with Crippen molar-refractivity contribution >= 4 is 61.3 Å². The van der Waals surface area contributed by atoms with Gasteiger partial charge in [0, 0.05) is 12.1 Å². The Hall–Kier alpha value is -1.43. The molecule has 31 heavy (non-hydrogen) atoms. The van der Waals surface area contributed by atoms with Crippen LogP contribution in [0.3, 0.4) is 0 Å². The number of nitrogen functional groups attached to an aromatic ring is 1. The van der Waals surface area contributed by atoms with Crippen LogP contribution in [0.4, 0.5) is 10.9 Å². The summed E-state index contributed by atoms with van der Waals surface area (Å²) in [5.74, 6) is -0.241. The number of nitrogens with zero attached hydrogens (tertiary/aromatic N) is 1. The van der Waals surface area contributed by atoms with E-state index < -0.39 is 15.3 Å². The van der Waals surface area contributed by atoms with Gasteiger partial charge < -0.3 is 15.8 Å². The number of nitrogens with one attached hydrogen (secondary N) is 2. The van der Waals surface area contributed by atoms with Crippen LogP contribution in [0.25, 0.3) is 0 Å². The number of ketones is 1. The summed E-state index contributed by atoms with van der Waals surface area (Å²) in [6, 6.07) is 4.90. The number of halogens is 2. The smallest absolute Gasteiger partial charge is 0.219 e. The summed E-state index contributed by atoms with van der Waals surface area (Å²) in [7, 11) is -3.33. The van der Waals surface area contributed by atoms with Crippen LogP contribution in [0, 0.1) is 0 Å². The Bertz CT molecular complexity index is 1060. The lowest BCUT2D eigenvalue weighted by atomic mass is 9.92. The largest absolute Gasteiger partial charge is 0.382 e. The number of ether oxygens (including phenoxy) is 1. The van der Waals surface area contributed by atoms with Crippen LogP contribution in [-0.2, 0) is 14.8 Å². The number of aromatic nitrogens is 1. The van der Waals surface area contributed by atoms with E-state index in [1.54, 1.807) is 18.2 Å². The molecule has 2 fully saturated rings. The molecule has 0 atom stereocenters. The minimum atomic E-state index is -3.33. The average Bonchev–Trinajstić information content (AvgIpc) is 3.01. The van der Waals surface area contributed by atoms with Crippen molar-refractivity contribution in [2.75, 3.05) is 24.3 Å². The SMILES string of the molecule is Nc1nc(NC2CCC(NS(=O)(=O)C3COC3)CC2)sc1C(=O)c1c(Cl)cccc1Cl. The van der Waals surface area contributed by atoms with Gasteiger partial charge in [0.2, 0.25) is 15.8 Å². The number of rotatable bonds is 7. The van der Waals surface area contributed by atoms with Gasteiger partial charge in [-0.25, -0.2) is 18.1 Å². The van der Waals surface area contributed by atoms with Gasteiger partial charge in [-0.05, 0) is 37.8 Å². The molecule has 1 aromatic heterocycles. The summed E-state index contributed by atoms with van der Waals surface area (Å²) < 4.78 is 32.3. The molecular weight excluding hydrogens is 483 g/mol. The standard InChI is InChI=1S/C19H22Cl2N4O4S2/c20-13-2-1-3-14(21)15(13)16(26)17-18(22)24-19(30-17)23-10-4-6-11(7-5-10)25-31(27,28)12-8-29-9-12/h1-3,10-12,25H,4-9,22H2,(H,23,24). The van der Waals surface area contributed by atoms with Gasteiger partial charge in [-0.2, -0.15) is 0 Å². The molecule has 0 unspecified atom stereocenters. The molecule has 1 saturated carbocycles. The fourth-order valence-corrected chi connectivity index (χ4v) is 6.56. The second kappa shape index (κ2) is 9.21. The summed E-state index contributed by atoms with van der Waals surface area (Å²) in [6.07, 6.45) is 2.97. The fourth-order valence-electron chi connectivity index (χ4n) is 3.64. The van der Waals surface area contributed by atoms with Crippen LogP contribution in [0.5, 0.6) is 0 Å². The van der Waals surface area contributed by atoms with E-state index >= 15 is 0 Å². The van der Waals surface area contributed by atoms with Crippen molar-refractivity contribution in [2.24, 2.45) is 0 Å². The molecule has 1 aliphatic carbocycles. The maximum absolute atomic E-state index is 12.9. The van der Waals surface area contributed by atoms with E-state index in [4.69, 9.17) is 33.7 Å². The van der Waals surface area contributed by atoms with Crippen molar-refractivity contribution in [3.63, 3.8) is 0 Å². The van der Waals surface area contributed by atoms with Gasteiger partial charge in [0.1, 0.15) is 15.9 Å². The highest BCUT2D eigenvalue weighted by Gasteiger charge is 2.35. The molecule has 12 heteroatoms. The molecule has 0 spiro atoms. The highest BCUT2D eigenvalue weighted by atomic mass is 35.5. The van der Waals surface area contributed by atoms with Crippen molar-refractivity contribution in [3.8, 4) is 0 Å². The van der Waals surface area contributed by atoms with Crippen molar-refractivity contribution in [1.29, 1.82) is 0 Å². The third kappa shape index (κ3) is 4.99. The lowest BCUT2D eigenvalue weighted by Gasteiger charge is -2.32. The minimum absolute atomic E-state index is 0.0792. The van der Waals surface area contributed by atoms with E-state index in [0.29, 0.717) is 18.0 Å². The molecule has 168 valence electrons. The van der Waals surface area contributed by atoms with E-state index in [2.05, 4.69) is 15.0 Å². The first-order valence-electron chi connectivity index (χ1n) is 9.85. The monoisotopic (exact) mass is 504 g/mol. The van der Waals surface area contributed by atoms with Gasteiger partial charge in [-0.1, -0.05) is 40.6 Å². The molecule has 2 aromatic rings. The van der Waals surface area contributed by atoms with Crippen molar-refractivity contribution in [2.45, 2.75) is 43.0 Å². The Morgan fingerprint density at radius 2 is 1.74 bits per heavy atom. The third-order valence-electron chi connectivity index (χ3n) is 5.48. The lowest BCUT2D eigenvalue weighted by Crippen LogP contribution is -2.50. The lowest BCUT2D eigenvalue weighted by molar-refractivity contribution is 0.0409. The van der Waals surface area contributed by atoms with Crippen molar-refractivity contribution < 1.29 is 17.9 Å². The number of sulfonamides is 1. The minimum Gasteiger partial charge on any atom is -0.382 e. The number of carbonyl (C=O) groups excluding carboxylic acids is 1. The number of anilines is 2. The highest BCUT2D eigenvalue weighted by Crippen LogP contribution is 2.34. The zero-order chi connectivity index (χ0) is 22.2. The first kappa shape index (κ1) is 22.8. The van der Waals surface area contributed by atoms with Gasteiger partial charge in [0.15, 0.2) is 5.13 Å². The van der Waals surface area contributed by atoms with Crippen LogP contribution < -0.4 is 15.8 Å². The van der Waals surface area contributed by atoms with E-state index in [9.17, 15) is 13.2 Å². The van der Waals surface area contributed by atoms with Crippen LogP contribution in [0.15, 0.2) is 18.2 Å². The molecule has 0 bridgehead atoms. The number of nitrogens with two attached hydrogens (primary N) is 1. The number of thiazole rings is 1. The highest BCUT2D eigenvalue weighted by molar-refractivity contribution is 7.90. The summed E-state index contributed by atoms with van der Waals surface area (Å²) in [4.78, 5) is 17.5. The second-order valence-corrected chi connectivity index (χ2v) is 11.5. The van der Waals surface area contributed by atoms with Gasteiger partial charge in [0.25, 0.3) is 0 Å². The normalized spacial score (nSPS) is 22.1. The Morgan fingerprint density at radius 1 is 1.13 bits per heavy atom. The average molecular weight is 505 g/mol. The van der Waals surface area contributed by atoms with Crippen LogP contribution in [-0.4, -0.2) is 49.7 Å². The van der Waals surface area contributed by atoms with Gasteiger partial charge in [-0.15, -0.1) is 0 Å². The molecule has 0 radical (unpaired) electrons. The summed E-state index contributed by atoms with van der Waals surface area (Å²) in [5.41, 5.74) is 6.19. The number of hydrogen-bond acceptors (Lipinski definition) is 8. The van der Waals surface area contributed by atoms with Gasteiger partial charge >= 0.3 is 0 Å². The molecular formula is C19H22Cl2N4O4S2. The Labute approximate surface area is 194 Å². The third-order valence-corrected chi connectivity index (χ3v) is 8.92. The van der Waals surface area contributed by atoms with Crippen LogP contribution in [0.1, 0.15) is 40.9 Å². The molecule has 1 aliphatic heterocycles. The Kier molecular flexibility index (Phi) is 6.76. The molecule has 4 rings (SSSR count). The van der Waals surface area contributed by atoms with Crippen LogP contribution in [0.2, 0.25) is 10.0 Å². The molecule has 2 aliphatic rings. The van der Waals surface area contributed by atoms with Crippen LogP contribution >= 0.6 is 34.5 Å². The molecule has 2 heterocycles. The van der Waals surface area contributed by atoms with E-state index in [1.807, 2.05) is 0 Å². The van der Waals surface area contributed by atoms with Crippen molar-refractivity contribution in [3.05, 3.63) is 38.7 Å². The first-order chi connectivity index (χ1) is 14.7. The quantitative estimate of drug-likeness (QED) is 0.494. The van der Waals surface area contributed by atoms with Gasteiger partial charge in [0.05, 0.1) is 28.8 Å². The fraction of sp³-hybridized carbons (Fsp3) is 0.474. The summed E-state index contributed by atoms with van der Waals surface area (Å²) in [5, 5.41) is 3.94. The molecule has 1 aromatic carbocycles. The molecule has 1 saturated heterocycles. The number of hydrogen-bond donors (Lipinski definition) is 3. The zero-order valence-electron chi connectivity index (χ0n) is 16.4. The zero-order valence-corrected chi connectivity index (χ0v) is 19.6. The Morgan fingerprint density at radius 3 is 2.32 bits per heavy atom. The predicted molar refractivity (Wildman–Crippen MR) is 123 cm³/mol. The van der Waals surface area contributed by atoms with E-state index in [-0.39, 0.29) is 57.4 Å². The molecule has 8 nitrogen and oxygen atoms in total. The topological polar surface area (TPSA) is 123 Å². The maximum atomic E-state index is 12.9. The predicted octanol–water partition coefficient (Wildman–Crippen LogP) is 3.30. The second-order valence-electron chi connectivity index (χ2n) is 7.67. The van der Waals surface area contributed by atoms with E-state index in [0.717, 1.165) is 24.2 Å². The number of benzene rings is 1. The molecule has 4 N–H and O–H groups in total. The van der Waals surface area contributed by atoms with Gasteiger partial charge in [-0.3, -0.25) is 4.79 Å². The summed E-state index contributed by atoms with van der Waals surface area (Å²) in [6.45, 7) is 0.524. The Balaban J connectivity index is 1.36. The summed E-state index contributed by atoms with van der Waals surface area (Å²) >= 11 is 13.5. The number of carbonyl (C=O) groups is 1. The molecule has 0 amide bonds. The maximum Gasteiger partial charge on any atom is 0.219 e.